The Kier molecular flexibility index (Phi) is 9.75. The molecule has 0 fully saturated rings. The van der Waals surface area contributed by atoms with Crippen molar-refractivity contribution in [1.29, 1.82) is 0 Å². The van der Waals surface area contributed by atoms with Gasteiger partial charge in [-0.15, -0.1) is 0 Å². The Balaban J connectivity index is 3.87. The summed E-state index contributed by atoms with van der Waals surface area (Å²) in [5, 5.41) is 0.462. The van der Waals surface area contributed by atoms with E-state index in [-0.39, 0.29) is 19.8 Å². The number of methoxy groups -OCH3 is 1. The van der Waals surface area contributed by atoms with E-state index in [1.54, 1.807) is 0 Å². The normalized spacial score (nSPS) is 10.8. The van der Waals surface area contributed by atoms with Gasteiger partial charge in [-0.3, -0.25) is 4.79 Å². The fraction of sp³-hybridized carbons (Fsp3) is 0.889. The first-order chi connectivity index (χ1) is 7.61. The molecule has 96 valence electrons. The molecule has 16 heavy (non-hydrogen) atoms. The maximum Gasteiger partial charge on any atom is 0.255 e. The van der Waals surface area contributed by atoms with Gasteiger partial charge in [0.2, 0.25) is 5.91 Å². The summed E-state index contributed by atoms with van der Waals surface area (Å²) in [4.78, 5) is 12.5. The number of hydrogen-bond acceptors (Lipinski definition) is 3. The first-order valence-electron chi connectivity index (χ1n) is 4.80. The highest BCUT2D eigenvalue weighted by atomic mass is 79.9. The molecule has 0 aromatic rings. The lowest BCUT2D eigenvalue weighted by molar-refractivity contribution is -0.138. The molecular weight excluding hydrogens is 288 g/mol. The number of amides is 1. The van der Waals surface area contributed by atoms with Crippen LogP contribution in [0.25, 0.3) is 0 Å². The number of alkyl halides is 3. The van der Waals surface area contributed by atoms with Crippen molar-refractivity contribution in [1.82, 2.24) is 4.90 Å². The van der Waals surface area contributed by atoms with E-state index in [2.05, 4.69) is 15.9 Å². The Hall–Kier alpha value is -0.270. The van der Waals surface area contributed by atoms with Crippen LogP contribution in [0.5, 0.6) is 0 Å². The first-order valence-corrected chi connectivity index (χ1v) is 5.92. The van der Waals surface area contributed by atoms with Crippen molar-refractivity contribution in [2.45, 2.75) is 6.43 Å². The van der Waals surface area contributed by atoms with Gasteiger partial charge in [0.25, 0.3) is 6.43 Å². The summed E-state index contributed by atoms with van der Waals surface area (Å²) < 4.78 is 34.0. The lowest BCUT2D eigenvalue weighted by Gasteiger charge is -2.21. The monoisotopic (exact) mass is 303 g/mol. The number of rotatable bonds is 9. The molecule has 0 unspecified atom stereocenters. The van der Waals surface area contributed by atoms with Crippen molar-refractivity contribution in [2.24, 2.45) is 0 Å². The van der Waals surface area contributed by atoms with Gasteiger partial charge in [-0.1, -0.05) is 15.9 Å². The van der Waals surface area contributed by atoms with E-state index in [1.807, 2.05) is 0 Å². The predicted octanol–water partition coefficient (Wildman–Crippen LogP) is 1.14. The van der Waals surface area contributed by atoms with Crippen molar-refractivity contribution >= 4 is 21.8 Å². The van der Waals surface area contributed by atoms with E-state index >= 15 is 0 Å². The SMILES string of the molecule is COCCOCC(=O)N(CCBr)CC(F)F. The van der Waals surface area contributed by atoms with Crippen LogP contribution in [0.3, 0.4) is 0 Å². The Bertz CT molecular complexity index is 196. The number of carbonyl (C=O) groups is 1. The van der Waals surface area contributed by atoms with Crippen LogP contribution in [-0.4, -0.2) is 62.6 Å². The van der Waals surface area contributed by atoms with Gasteiger partial charge in [-0.25, -0.2) is 8.78 Å². The van der Waals surface area contributed by atoms with Crippen LogP contribution in [0.4, 0.5) is 8.78 Å². The van der Waals surface area contributed by atoms with Crippen LogP contribution in [0, 0.1) is 0 Å². The zero-order valence-corrected chi connectivity index (χ0v) is 10.7. The average molecular weight is 304 g/mol. The van der Waals surface area contributed by atoms with Crippen molar-refractivity contribution < 1.29 is 23.0 Å². The van der Waals surface area contributed by atoms with E-state index < -0.39 is 18.9 Å². The molecule has 0 aliphatic heterocycles. The van der Waals surface area contributed by atoms with Crippen LogP contribution in [0.15, 0.2) is 0 Å². The number of nitrogens with zero attached hydrogens (tertiary/aromatic N) is 1. The molecule has 0 radical (unpaired) electrons. The third-order valence-corrected chi connectivity index (χ3v) is 2.08. The Morgan fingerprint density at radius 2 is 2.12 bits per heavy atom. The van der Waals surface area contributed by atoms with Gasteiger partial charge in [0, 0.05) is 19.0 Å². The fourth-order valence-electron chi connectivity index (χ4n) is 0.979. The molecule has 4 nitrogen and oxygen atoms in total. The van der Waals surface area contributed by atoms with Gasteiger partial charge in [0.15, 0.2) is 0 Å². The number of halogens is 3. The Morgan fingerprint density at radius 3 is 2.62 bits per heavy atom. The molecule has 0 saturated heterocycles. The van der Waals surface area contributed by atoms with Crippen LogP contribution in [0.1, 0.15) is 0 Å². The standard InChI is InChI=1S/C9H16BrF2NO3/c1-15-4-5-16-7-9(14)13(3-2-10)6-8(11)12/h8H,2-7H2,1H3. The average Bonchev–Trinajstić information content (AvgIpc) is 2.23. The molecule has 7 heteroatoms. The largest absolute Gasteiger partial charge is 0.382 e. The second-order valence-electron chi connectivity index (χ2n) is 2.97. The highest BCUT2D eigenvalue weighted by molar-refractivity contribution is 9.09. The zero-order chi connectivity index (χ0) is 12.4. The van der Waals surface area contributed by atoms with Crippen LogP contribution in [0.2, 0.25) is 0 Å². The van der Waals surface area contributed by atoms with Crippen LogP contribution < -0.4 is 0 Å². The summed E-state index contributed by atoms with van der Waals surface area (Å²) in [7, 11) is 1.51. The van der Waals surface area contributed by atoms with Crippen molar-refractivity contribution in [2.75, 3.05) is 45.4 Å². The number of carbonyl (C=O) groups excluding carboxylic acids is 1. The van der Waals surface area contributed by atoms with Crippen LogP contribution in [-0.2, 0) is 14.3 Å². The minimum absolute atomic E-state index is 0.191. The Morgan fingerprint density at radius 1 is 1.44 bits per heavy atom. The molecule has 0 aliphatic carbocycles. The minimum Gasteiger partial charge on any atom is -0.382 e. The first kappa shape index (κ1) is 15.7. The topological polar surface area (TPSA) is 38.8 Å². The molecule has 0 N–H and O–H groups in total. The van der Waals surface area contributed by atoms with E-state index in [0.29, 0.717) is 11.9 Å². The molecule has 1 amide bonds. The molecule has 0 atom stereocenters. The molecular formula is C9H16BrF2NO3. The smallest absolute Gasteiger partial charge is 0.255 e. The summed E-state index contributed by atoms with van der Waals surface area (Å²) in [5.41, 5.74) is 0. The van der Waals surface area contributed by atoms with E-state index in [9.17, 15) is 13.6 Å². The molecule has 0 aliphatic rings. The van der Waals surface area contributed by atoms with E-state index in [1.165, 1.54) is 7.11 Å². The molecule has 0 saturated carbocycles. The van der Waals surface area contributed by atoms with Crippen molar-refractivity contribution in [3.05, 3.63) is 0 Å². The van der Waals surface area contributed by atoms with E-state index in [4.69, 9.17) is 9.47 Å². The van der Waals surface area contributed by atoms with Gasteiger partial charge in [-0.2, -0.15) is 0 Å². The van der Waals surface area contributed by atoms with Gasteiger partial charge in [-0.05, 0) is 0 Å². The van der Waals surface area contributed by atoms with Crippen molar-refractivity contribution in [3.63, 3.8) is 0 Å². The van der Waals surface area contributed by atoms with Crippen LogP contribution >= 0.6 is 15.9 Å². The molecule has 0 bridgehead atoms. The second kappa shape index (κ2) is 9.92. The van der Waals surface area contributed by atoms with Gasteiger partial charge >= 0.3 is 0 Å². The highest BCUT2D eigenvalue weighted by Crippen LogP contribution is 2.00. The molecule has 0 aromatic carbocycles. The molecule has 0 heterocycles. The summed E-state index contributed by atoms with van der Waals surface area (Å²) in [6.45, 7) is 0.150. The molecule has 0 rings (SSSR count). The van der Waals surface area contributed by atoms with Gasteiger partial charge in [0.1, 0.15) is 6.61 Å². The maximum atomic E-state index is 12.1. The Labute approximate surface area is 102 Å². The summed E-state index contributed by atoms with van der Waals surface area (Å²) in [6, 6.07) is 0. The van der Waals surface area contributed by atoms with Crippen molar-refractivity contribution in [3.8, 4) is 0 Å². The third-order valence-electron chi connectivity index (χ3n) is 1.72. The highest BCUT2D eigenvalue weighted by Gasteiger charge is 2.17. The van der Waals surface area contributed by atoms with Gasteiger partial charge in [0.05, 0.1) is 19.8 Å². The quantitative estimate of drug-likeness (QED) is 0.474. The maximum absolute atomic E-state index is 12.1. The lowest BCUT2D eigenvalue weighted by atomic mass is 10.4. The number of ether oxygens (including phenoxy) is 2. The second-order valence-corrected chi connectivity index (χ2v) is 3.76. The predicted molar refractivity (Wildman–Crippen MR) is 59.1 cm³/mol. The molecule has 0 aromatic heterocycles. The minimum atomic E-state index is -2.53. The summed E-state index contributed by atoms with van der Waals surface area (Å²) >= 11 is 3.10. The lowest BCUT2D eigenvalue weighted by Crippen LogP contribution is -2.39. The third kappa shape index (κ3) is 7.95. The number of hydrogen-bond donors (Lipinski definition) is 0. The summed E-state index contributed by atoms with van der Waals surface area (Å²) in [6.07, 6.45) is -2.53. The summed E-state index contributed by atoms with van der Waals surface area (Å²) in [5.74, 6) is -0.434. The van der Waals surface area contributed by atoms with Gasteiger partial charge < -0.3 is 14.4 Å². The molecule has 0 spiro atoms. The van der Waals surface area contributed by atoms with E-state index in [0.717, 1.165) is 4.90 Å². The fourth-order valence-corrected chi connectivity index (χ4v) is 1.41. The zero-order valence-electron chi connectivity index (χ0n) is 9.13.